The third-order valence-corrected chi connectivity index (χ3v) is 2.65. The average Bonchev–Trinajstić information content (AvgIpc) is 2.17. The summed E-state index contributed by atoms with van der Waals surface area (Å²) in [7, 11) is 0. The fourth-order valence-electron chi connectivity index (χ4n) is 1.57. The van der Waals surface area contributed by atoms with Crippen LogP contribution in [-0.2, 0) is 6.54 Å². The van der Waals surface area contributed by atoms with Crippen LogP contribution in [-0.4, -0.2) is 17.3 Å². The molecule has 0 amide bonds. The minimum Gasteiger partial charge on any atom is -0.392 e. The van der Waals surface area contributed by atoms with Crippen molar-refractivity contribution >= 4 is 0 Å². The van der Waals surface area contributed by atoms with Crippen molar-refractivity contribution in [3.05, 3.63) is 35.9 Å². The summed E-state index contributed by atoms with van der Waals surface area (Å²) in [6.45, 7) is 0.864. The minimum absolute atomic E-state index is 0.122. The highest BCUT2D eigenvalue weighted by atomic mass is 16.3. The molecule has 1 saturated carbocycles. The maximum absolute atomic E-state index is 9.32. The van der Waals surface area contributed by atoms with E-state index in [9.17, 15) is 5.11 Å². The van der Waals surface area contributed by atoms with Crippen LogP contribution in [0.2, 0.25) is 0 Å². The van der Waals surface area contributed by atoms with Gasteiger partial charge in [-0.25, -0.2) is 0 Å². The van der Waals surface area contributed by atoms with E-state index in [1.54, 1.807) is 0 Å². The Kier molecular flexibility index (Phi) is 2.62. The fourth-order valence-corrected chi connectivity index (χ4v) is 1.57. The van der Waals surface area contributed by atoms with E-state index in [0.717, 1.165) is 19.4 Å². The summed E-state index contributed by atoms with van der Waals surface area (Å²) >= 11 is 0. The monoisotopic (exact) mass is 177 g/mol. The third kappa shape index (κ3) is 2.08. The van der Waals surface area contributed by atoms with Crippen LogP contribution < -0.4 is 5.32 Å². The lowest BCUT2D eigenvalue weighted by molar-refractivity contribution is 0.0493. The Morgan fingerprint density at radius 3 is 2.54 bits per heavy atom. The number of hydrogen-bond acceptors (Lipinski definition) is 2. The molecule has 1 aromatic rings. The molecule has 0 saturated heterocycles. The van der Waals surface area contributed by atoms with Gasteiger partial charge in [0.2, 0.25) is 0 Å². The van der Waals surface area contributed by atoms with Gasteiger partial charge in [0.25, 0.3) is 0 Å². The molecule has 70 valence electrons. The molecular weight excluding hydrogens is 162 g/mol. The molecule has 2 nitrogen and oxygen atoms in total. The molecule has 0 bridgehead atoms. The lowest BCUT2D eigenvalue weighted by Crippen LogP contribution is -2.47. The Balaban J connectivity index is 1.80. The van der Waals surface area contributed by atoms with Crippen LogP contribution in [0.3, 0.4) is 0 Å². The van der Waals surface area contributed by atoms with Crippen LogP contribution >= 0.6 is 0 Å². The van der Waals surface area contributed by atoms with E-state index in [4.69, 9.17) is 0 Å². The second-order valence-electron chi connectivity index (χ2n) is 3.62. The van der Waals surface area contributed by atoms with Gasteiger partial charge in [-0.1, -0.05) is 30.3 Å². The maximum atomic E-state index is 9.32. The van der Waals surface area contributed by atoms with Crippen LogP contribution in [0.4, 0.5) is 0 Å². The van der Waals surface area contributed by atoms with Crippen LogP contribution in [0.25, 0.3) is 0 Å². The summed E-state index contributed by atoms with van der Waals surface area (Å²) in [5.74, 6) is 0. The lowest BCUT2D eigenvalue weighted by atomic mass is 9.89. The SMILES string of the molecule is O[C@@H]1CC[C@H]1NCc1ccccc1. The first-order chi connectivity index (χ1) is 6.36. The highest BCUT2D eigenvalue weighted by Gasteiger charge is 2.27. The molecule has 1 aromatic carbocycles. The second kappa shape index (κ2) is 3.90. The van der Waals surface area contributed by atoms with Crippen molar-refractivity contribution in [1.82, 2.24) is 5.32 Å². The van der Waals surface area contributed by atoms with E-state index in [0.29, 0.717) is 6.04 Å². The summed E-state index contributed by atoms with van der Waals surface area (Å²) in [5, 5.41) is 12.7. The molecule has 0 aromatic heterocycles. The van der Waals surface area contributed by atoms with Gasteiger partial charge in [0.15, 0.2) is 0 Å². The summed E-state index contributed by atoms with van der Waals surface area (Å²) < 4.78 is 0. The molecule has 13 heavy (non-hydrogen) atoms. The molecule has 2 rings (SSSR count). The predicted octanol–water partition coefficient (Wildman–Crippen LogP) is 1.30. The number of aliphatic hydroxyl groups excluding tert-OH is 1. The van der Waals surface area contributed by atoms with Crippen molar-refractivity contribution in [2.45, 2.75) is 31.5 Å². The number of aliphatic hydroxyl groups is 1. The van der Waals surface area contributed by atoms with Gasteiger partial charge in [-0.2, -0.15) is 0 Å². The van der Waals surface area contributed by atoms with Gasteiger partial charge in [0.1, 0.15) is 0 Å². The van der Waals surface area contributed by atoms with Crippen molar-refractivity contribution < 1.29 is 5.11 Å². The van der Waals surface area contributed by atoms with Crippen LogP contribution in [0.1, 0.15) is 18.4 Å². The molecule has 0 radical (unpaired) electrons. The lowest BCUT2D eigenvalue weighted by Gasteiger charge is -2.33. The van der Waals surface area contributed by atoms with E-state index < -0.39 is 0 Å². The first-order valence-corrected chi connectivity index (χ1v) is 4.81. The molecule has 2 N–H and O–H groups in total. The van der Waals surface area contributed by atoms with Gasteiger partial charge < -0.3 is 10.4 Å². The Morgan fingerprint density at radius 2 is 2.00 bits per heavy atom. The second-order valence-corrected chi connectivity index (χ2v) is 3.62. The Bertz CT molecular complexity index is 260. The molecular formula is C11H15NO. The molecule has 0 spiro atoms. The zero-order chi connectivity index (χ0) is 9.10. The molecule has 1 aliphatic carbocycles. The Morgan fingerprint density at radius 1 is 1.23 bits per heavy atom. The third-order valence-electron chi connectivity index (χ3n) is 2.65. The molecule has 1 fully saturated rings. The van der Waals surface area contributed by atoms with Gasteiger partial charge in [-0.3, -0.25) is 0 Å². The molecule has 2 heteroatoms. The topological polar surface area (TPSA) is 32.3 Å². The van der Waals surface area contributed by atoms with E-state index >= 15 is 0 Å². The summed E-state index contributed by atoms with van der Waals surface area (Å²) in [4.78, 5) is 0. The van der Waals surface area contributed by atoms with E-state index in [-0.39, 0.29) is 6.10 Å². The molecule has 2 atom stereocenters. The van der Waals surface area contributed by atoms with Crippen LogP contribution in [0.5, 0.6) is 0 Å². The van der Waals surface area contributed by atoms with Crippen molar-refractivity contribution in [3.63, 3.8) is 0 Å². The number of rotatable bonds is 3. The van der Waals surface area contributed by atoms with E-state index in [2.05, 4.69) is 17.4 Å². The zero-order valence-electron chi connectivity index (χ0n) is 7.61. The Labute approximate surface area is 78.6 Å². The van der Waals surface area contributed by atoms with Crippen molar-refractivity contribution in [2.24, 2.45) is 0 Å². The standard InChI is InChI=1S/C11H15NO/c13-11-7-6-10(11)12-8-9-4-2-1-3-5-9/h1-5,10-13H,6-8H2/t10-,11-/m1/s1. The number of benzene rings is 1. The number of hydrogen-bond donors (Lipinski definition) is 2. The average molecular weight is 177 g/mol. The molecule has 0 unspecified atom stereocenters. The van der Waals surface area contributed by atoms with Gasteiger partial charge in [0.05, 0.1) is 6.10 Å². The predicted molar refractivity (Wildman–Crippen MR) is 52.3 cm³/mol. The van der Waals surface area contributed by atoms with Crippen LogP contribution in [0, 0.1) is 0 Å². The minimum atomic E-state index is -0.122. The molecule has 1 aliphatic rings. The zero-order valence-corrected chi connectivity index (χ0v) is 7.61. The van der Waals surface area contributed by atoms with Gasteiger partial charge in [-0.15, -0.1) is 0 Å². The van der Waals surface area contributed by atoms with Crippen LogP contribution in [0.15, 0.2) is 30.3 Å². The summed E-state index contributed by atoms with van der Waals surface area (Å²) in [5.41, 5.74) is 1.28. The van der Waals surface area contributed by atoms with Gasteiger partial charge >= 0.3 is 0 Å². The molecule has 0 heterocycles. The van der Waals surface area contributed by atoms with Crippen molar-refractivity contribution in [2.75, 3.05) is 0 Å². The first kappa shape index (κ1) is 8.73. The summed E-state index contributed by atoms with van der Waals surface area (Å²) in [6, 6.07) is 10.6. The van der Waals surface area contributed by atoms with Crippen molar-refractivity contribution in [3.8, 4) is 0 Å². The highest BCUT2D eigenvalue weighted by Crippen LogP contribution is 2.19. The highest BCUT2D eigenvalue weighted by molar-refractivity contribution is 5.14. The molecule has 0 aliphatic heterocycles. The smallest absolute Gasteiger partial charge is 0.0693 e. The first-order valence-electron chi connectivity index (χ1n) is 4.81. The van der Waals surface area contributed by atoms with Gasteiger partial charge in [0, 0.05) is 12.6 Å². The normalized spacial score (nSPS) is 26.8. The van der Waals surface area contributed by atoms with E-state index in [1.165, 1.54) is 5.56 Å². The van der Waals surface area contributed by atoms with Crippen molar-refractivity contribution in [1.29, 1.82) is 0 Å². The largest absolute Gasteiger partial charge is 0.392 e. The van der Waals surface area contributed by atoms with E-state index in [1.807, 2.05) is 18.2 Å². The maximum Gasteiger partial charge on any atom is 0.0693 e. The summed E-state index contributed by atoms with van der Waals surface area (Å²) in [6.07, 6.45) is 1.93. The van der Waals surface area contributed by atoms with Gasteiger partial charge in [-0.05, 0) is 18.4 Å². The quantitative estimate of drug-likeness (QED) is 0.729. The number of nitrogens with one attached hydrogen (secondary N) is 1. The fraction of sp³-hybridized carbons (Fsp3) is 0.455. The Hall–Kier alpha value is -0.860.